The lowest BCUT2D eigenvalue weighted by molar-refractivity contribution is 0.414. The Morgan fingerprint density at radius 3 is 1.97 bits per heavy atom. The van der Waals surface area contributed by atoms with Crippen molar-refractivity contribution in [2.75, 3.05) is 14.2 Å². The van der Waals surface area contributed by atoms with Crippen LogP contribution in [0.4, 0.5) is 0 Å². The molecule has 0 saturated carbocycles. The highest BCUT2D eigenvalue weighted by atomic mass is 79.9. The van der Waals surface area contributed by atoms with E-state index in [4.69, 9.17) is 14.6 Å². The van der Waals surface area contributed by atoms with Gasteiger partial charge < -0.3 is 9.47 Å². The van der Waals surface area contributed by atoms with Crippen LogP contribution >= 0.6 is 15.9 Å². The van der Waals surface area contributed by atoms with E-state index in [-0.39, 0.29) is 0 Å². The zero-order valence-corrected chi connectivity index (χ0v) is 19.7. The van der Waals surface area contributed by atoms with Crippen LogP contribution in [0.25, 0.3) is 22.5 Å². The third-order valence-electron chi connectivity index (χ3n) is 5.45. The second-order valence-corrected chi connectivity index (χ2v) is 8.35. The molecule has 5 heteroatoms. The summed E-state index contributed by atoms with van der Waals surface area (Å²) in [5.74, 6) is 1.65. The molecule has 0 spiro atoms. The third kappa shape index (κ3) is 4.37. The number of aryl methyl sites for hydroxylation is 2. The summed E-state index contributed by atoms with van der Waals surface area (Å²) in [6.45, 7) is 4.95. The van der Waals surface area contributed by atoms with Crippen LogP contribution in [0.5, 0.6) is 11.5 Å². The predicted molar refractivity (Wildman–Crippen MR) is 129 cm³/mol. The summed E-state index contributed by atoms with van der Waals surface area (Å²) >= 11 is 3.85. The highest BCUT2D eigenvalue weighted by Crippen LogP contribution is 2.38. The lowest BCUT2D eigenvalue weighted by atomic mass is 10.1. The molecule has 4 aromatic rings. The molecule has 1 heterocycles. The summed E-state index contributed by atoms with van der Waals surface area (Å²) in [5, 5.41) is 5.02. The molecule has 0 aliphatic carbocycles. The Kier molecular flexibility index (Phi) is 6.14. The summed E-state index contributed by atoms with van der Waals surface area (Å²) < 4.78 is 13.7. The van der Waals surface area contributed by atoms with E-state index >= 15 is 0 Å². The fraction of sp³-hybridized carbons (Fsp3) is 0.192. The van der Waals surface area contributed by atoms with Crippen LogP contribution in [0.2, 0.25) is 0 Å². The topological polar surface area (TPSA) is 36.3 Å². The van der Waals surface area contributed by atoms with Crippen molar-refractivity contribution in [3.8, 4) is 34.0 Å². The SMILES string of the molecule is COc1ccc(-c2nn(Cc3cc(C)ccc3C)c(-c3ccc(OC)cc3)c2Br)cc1. The van der Waals surface area contributed by atoms with Gasteiger partial charge in [0.2, 0.25) is 0 Å². The molecule has 4 nitrogen and oxygen atoms in total. The van der Waals surface area contributed by atoms with Gasteiger partial charge in [0, 0.05) is 11.1 Å². The molecule has 0 atom stereocenters. The molecule has 0 aliphatic heterocycles. The second-order valence-electron chi connectivity index (χ2n) is 7.56. The summed E-state index contributed by atoms with van der Waals surface area (Å²) in [6, 6.07) is 22.6. The van der Waals surface area contributed by atoms with Crippen LogP contribution in [-0.4, -0.2) is 24.0 Å². The maximum absolute atomic E-state index is 5.34. The zero-order chi connectivity index (χ0) is 22.0. The van der Waals surface area contributed by atoms with Crippen LogP contribution in [0.3, 0.4) is 0 Å². The van der Waals surface area contributed by atoms with Gasteiger partial charge >= 0.3 is 0 Å². The van der Waals surface area contributed by atoms with Gasteiger partial charge in [0.15, 0.2) is 0 Å². The van der Waals surface area contributed by atoms with Gasteiger partial charge in [-0.25, -0.2) is 0 Å². The molecule has 0 radical (unpaired) electrons. The van der Waals surface area contributed by atoms with Gasteiger partial charge in [0.05, 0.1) is 30.9 Å². The fourth-order valence-corrected chi connectivity index (χ4v) is 4.39. The summed E-state index contributed by atoms with van der Waals surface area (Å²) in [6.07, 6.45) is 0. The summed E-state index contributed by atoms with van der Waals surface area (Å²) in [4.78, 5) is 0. The maximum atomic E-state index is 5.34. The Morgan fingerprint density at radius 1 is 0.806 bits per heavy atom. The zero-order valence-electron chi connectivity index (χ0n) is 18.1. The van der Waals surface area contributed by atoms with Crippen LogP contribution in [-0.2, 0) is 6.54 Å². The highest BCUT2D eigenvalue weighted by molar-refractivity contribution is 9.10. The Bertz CT molecular complexity index is 1200. The summed E-state index contributed by atoms with van der Waals surface area (Å²) in [7, 11) is 3.35. The van der Waals surface area contributed by atoms with Crippen molar-refractivity contribution in [1.82, 2.24) is 9.78 Å². The van der Waals surface area contributed by atoms with E-state index in [9.17, 15) is 0 Å². The van der Waals surface area contributed by atoms with E-state index in [2.05, 4.69) is 64.8 Å². The van der Waals surface area contributed by atoms with Crippen molar-refractivity contribution in [3.63, 3.8) is 0 Å². The molecule has 0 fully saturated rings. The minimum absolute atomic E-state index is 0.684. The molecule has 3 aromatic carbocycles. The van der Waals surface area contributed by atoms with Gasteiger partial charge in [0.1, 0.15) is 17.2 Å². The Morgan fingerprint density at radius 2 is 1.39 bits per heavy atom. The molecule has 158 valence electrons. The van der Waals surface area contributed by atoms with Gasteiger partial charge in [-0.05, 0) is 89.4 Å². The number of nitrogens with zero attached hydrogens (tertiary/aromatic N) is 2. The average molecular weight is 477 g/mol. The minimum Gasteiger partial charge on any atom is -0.497 e. The number of aromatic nitrogens is 2. The van der Waals surface area contributed by atoms with Crippen LogP contribution in [0.15, 0.2) is 71.2 Å². The number of rotatable bonds is 6. The summed E-state index contributed by atoms with van der Waals surface area (Å²) in [5.41, 5.74) is 7.80. The van der Waals surface area contributed by atoms with Gasteiger partial charge in [0.25, 0.3) is 0 Å². The second kappa shape index (κ2) is 8.98. The molecular weight excluding hydrogens is 452 g/mol. The van der Waals surface area contributed by atoms with Crippen molar-refractivity contribution in [3.05, 3.63) is 87.9 Å². The lowest BCUT2D eigenvalue weighted by Gasteiger charge is -2.12. The van der Waals surface area contributed by atoms with Crippen molar-refractivity contribution in [1.29, 1.82) is 0 Å². The molecular formula is C26H25BrN2O2. The van der Waals surface area contributed by atoms with Crippen LogP contribution < -0.4 is 9.47 Å². The molecule has 1 aromatic heterocycles. The Hall–Kier alpha value is -3.05. The lowest BCUT2D eigenvalue weighted by Crippen LogP contribution is -2.06. The van der Waals surface area contributed by atoms with E-state index in [1.54, 1.807) is 14.2 Å². The number of hydrogen-bond acceptors (Lipinski definition) is 3. The van der Waals surface area contributed by atoms with E-state index < -0.39 is 0 Å². The standard InChI is InChI=1S/C26H25BrN2O2/c1-17-5-6-18(2)21(15-17)16-29-26(20-9-13-23(31-4)14-10-20)24(27)25(28-29)19-7-11-22(30-3)12-8-19/h5-15H,16H2,1-4H3. The normalized spacial score (nSPS) is 10.9. The first-order valence-electron chi connectivity index (χ1n) is 10.1. The molecule has 0 saturated heterocycles. The number of benzene rings is 3. The molecule has 31 heavy (non-hydrogen) atoms. The number of halogens is 1. The van der Waals surface area contributed by atoms with Crippen molar-refractivity contribution >= 4 is 15.9 Å². The van der Waals surface area contributed by atoms with Crippen molar-refractivity contribution in [2.24, 2.45) is 0 Å². The predicted octanol–water partition coefficient (Wildman–Crippen LogP) is 6.66. The molecule has 0 N–H and O–H groups in total. The highest BCUT2D eigenvalue weighted by Gasteiger charge is 2.20. The fourth-order valence-electron chi connectivity index (χ4n) is 3.64. The smallest absolute Gasteiger partial charge is 0.118 e. The number of hydrogen-bond donors (Lipinski definition) is 0. The van der Waals surface area contributed by atoms with E-state index in [1.807, 2.05) is 36.4 Å². The average Bonchev–Trinajstić information content (AvgIpc) is 3.12. The van der Waals surface area contributed by atoms with E-state index in [0.717, 1.165) is 38.5 Å². The molecule has 4 rings (SSSR count). The molecule has 0 amide bonds. The van der Waals surface area contributed by atoms with E-state index in [0.29, 0.717) is 6.54 Å². The van der Waals surface area contributed by atoms with Gasteiger partial charge in [-0.3, -0.25) is 4.68 Å². The first-order chi connectivity index (χ1) is 15.0. The first-order valence-corrected chi connectivity index (χ1v) is 10.9. The molecule has 0 unspecified atom stereocenters. The maximum Gasteiger partial charge on any atom is 0.118 e. The van der Waals surface area contributed by atoms with Crippen LogP contribution in [0.1, 0.15) is 16.7 Å². The van der Waals surface area contributed by atoms with E-state index in [1.165, 1.54) is 16.7 Å². The van der Waals surface area contributed by atoms with Gasteiger partial charge in [-0.15, -0.1) is 0 Å². The quantitative estimate of drug-likeness (QED) is 0.312. The van der Waals surface area contributed by atoms with Crippen molar-refractivity contribution < 1.29 is 9.47 Å². The largest absolute Gasteiger partial charge is 0.497 e. The third-order valence-corrected chi connectivity index (χ3v) is 6.20. The number of methoxy groups -OCH3 is 2. The minimum atomic E-state index is 0.684. The van der Waals surface area contributed by atoms with Crippen molar-refractivity contribution in [2.45, 2.75) is 20.4 Å². The molecule has 0 aliphatic rings. The van der Waals surface area contributed by atoms with Crippen LogP contribution in [0, 0.1) is 13.8 Å². The monoisotopic (exact) mass is 476 g/mol. The Labute approximate surface area is 191 Å². The first kappa shape index (κ1) is 21.2. The van der Waals surface area contributed by atoms with Gasteiger partial charge in [-0.1, -0.05) is 23.8 Å². The van der Waals surface area contributed by atoms with Gasteiger partial charge in [-0.2, -0.15) is 5.10 Å². The molecule has 0 bridgehead atoms. The number of ether oxygens (including phenoxy) is 2. The Balaban J connectivity index is 1.85.